The minimum Gasteiger partial charge on any atom is -0.497 e. The first-order valence-electron chi connectivity index (χ1n) is 5.57. The Balaban J connectivity index is 2.94. The summed E-state index contributed by atoms with van der Waals surface area (Å²) >= 11 is 0. The van der Waals surface area contributed by atoms with Gasteiger partial charge in [-0.1, -0.05) is 0 Å². The summed E-state index contributed by atoms with van der Waals surface area (Å²) in [4.78, 5) is 22.8. The van der Waals surface area contributed by atoms with Crippen LogP contribution in [0, 0.1) is 0 Å². The summed E-state index contributed by atoms with van der Waals surface area (Å²) in [6.07, 6.45) is 0. The van der Waals surface area contributed by atoms with Gasteiger partial charge in [0.25, 0.3) is 0 Å². The molecule has 1 rings (SSSR count). The Bertz CT molecular complexity index is 462. The van der Waals surface area contributed by atoms with E-state index in [0.29, 0.717) is 17.1 Å². The number of carbonyl (C=O) groups excluding carboxylic acids is 2. The van der Waals surface area contributed by atoms with Crippen LogP contribution in [0.25, 0.3) is 0 Å². The number of benzene rings is 1. The Kier molecular flexibility index (Phi) is 5.77. The summed E-state index contributed by atoms with van der Waals surface area (Å²) in [6, 6.07) is 4.88. The molecule has 0 aliphatic heterocycles. The van der Waals surface area contributed by atoms with Crippen LogP contribution in [0.3, 0.4) is 0 Å². The maximum atomic E-state index is 11.5. The second-order valence-corrected chi connectivity index (χ2v) is 3.65. The fraction of sp³-hybridized carbons (Fsp3) is 0.333. The summed E-state index contributed by atoms with van der Waals surface area (Å²) in [5.74, 6) is -0.136. The zero-order chi connectivity index (χ0) is 14.3. The van der Waals surface area contributed by atoms with Gasteiger partial charge >= 0.3 is 0 Å². The van der Waals surface area contributed by atoms with Crippen molar-refractivity contribution in [3.8, 4) is 5.75 Å². The van der Waals surface area contributed by atoms with Crippen LogP contribution in [-0.4, -0.2) is 39.2 Å². The van der Waals surface area contributed by atoms with Crippen LogP contribution >= 0.6 is 0 Å². The third kappa shape index (κ3) is 4.57. The van der Waals surface area contributed by atoms with Gasteiger partial charge in [-0.2, -0.15) is 0 Å². The average Bonchev–Trinajstić information content (AvgIpc) is 2.40. The van der Waals surface area contributed by atoms with E-state index in [9.17, 15) is 9.59 Å². The van der Waals surface area contributed by atoms with E-state index in [1.165, 1.54) is 14.2 Å². The second-order valence-electron chi connectivity index (χ2n) is 3.65. The van der Waals surface area contributed by atoms with Crippen LogP contribution in [0.4, 0.5) is 11.4 Å². The van der Waals surface area contributed by atoms with E-state index in [0.717, 1.165) is 0 Å². The van der Waals surface area contributed by atoms with E-state index in [4.69, 9.17) is 15.2 Å². The Hall–Kier alpha value is -2.12. The standard InChI is InChI=1S/C12H17N3O4/c1-18-7-12(17)14-9-4-3-8(19-2)5-10(9)15-11(16)6-13/h3-5H,6-7,13H2,1-2H3,(H,14,17)(H,15,16). The number of hydrogen-bond acceptors (Lipinski definition) is 5. The summed E-state index contributed by atoms with van der Waals surface area (Å²) in [7, 11) is 2.93. The largest absolute Gasteiger partial charge is 0.497 e. The molecule has 0 saturated heterocycles. The fourth-order valence-electron chi connectivity index (χ4n) is 1.38. The number of carbonyl (C=O) groups is 2. The first kappa shape index (κ1) is 14.9. The molecule has 4 N–H and O–H groups in total. The number of nitrogens with two attached hydrogens (primary N) is 1. The Labute approximate surface area is 111 Å². The lowest BCUT2D eigenvalue weighted by atomic mass is 10.2. The number of amides is 2. The zero-order valence-electron chi connectivity index (χ0n) is 10.9. The summed E-state index contributed by atoms with van der Waals surface area (Å²) < 4.78 is 9.78. The van der Waals surface area contributed by atoms with Gasteiger partial charge in [-0.15, -0.1) is 0 Å². The van der Waals surface area contributed by atoms with Crippen molar-refractivity contribution >= 4 is 23.2 Å². The fourth-order valence-corrected chi connectivity index (χ4v) is 1.38. The lowest BCUT2D eigenvalue weighted by Gasteiger charge is -2.13. The molecule has 0 unspecified atom stereocenters. The maximum Gasteiger partial charge on any atom is 0.250 e. The third-order valence-corrected chi connectivity index (χ3v) is 2.24. The van der Waals surface area contributed by atoms with Crippen LogP contribution < -0.4 is 21.1 Å². The number of ether oxygens (including phenoxy) is 2. The summed E-state index contributed by atoms with van der Waals surface area (Å²) in [5, 5.41) is 5.20. The number of methoxy groups -OCH3 is 2. The number of anilines is 2. The van der Waals surface area contributed by atoms with E-state index in [2.05, 4.69) is 10.6 Å². The molecular weight excluding hydrogens is 250 g/mol. The molecule has 0 aliphatic rings. The van der Waals surface area contributed by atoms with Gasteiger partial charge in [0.15, 0.2) is 0 Å². The average molecular weight is 267 g/mol. The molecule has 7 nitrogen and oxygen atoms in total. The molecule has 0 bridgehead atoms. The van der Waals surface area contributed by atoms with Crippen molar-refractivity contribution in [3.63, 3.8) is 0 Å². The van der Waals surface area contributed by atoms with Crippen LogP contribution in [0.5, 0.6) is 5.75 Å². The van der Waals surface area contributed by atoms with Crippen LogP contribution in [0.2, 0.25) is 0 Å². The molecule has 2 amide bonds. The van der Waals surface area contributed by atoms with Crippen LogP contribution in [0.15, 0.2) is 18.2 Å². The van der Waals surface area contributed by atoms with Gasteiger partial charge in [-0.25, -0.2) is 0 Å². The normalized spacial score (nSPS) is 9.84. The molecule has 104 valence electrons. The molecule has 0 saturated carbocycles. The summed E-state index contributed by atoms with van der Waals surface area (Å²) in [5.41, 5.74) is 6.10. The molecule has 0 aromatic heterocycles. The molecule has 19 heavy (non-hydrogen) atoms. The maximum absolute atomic E-state index is 11.5. The first-order valence-corrected chi connectivity index (χ1v) is 5.57. The predicted octanol–water partition coefficient (Wildman–Crippen LogP) is 0.177. The number of hydrogen-bond donors (Lipinski definition) is 3. The molecule has 0 fully saturated rings. The minimum absolute atomic E-state index is 0.0731. The van der Waals surface area contributed by atoms with Gasteiger partial charge in [-0.05, 0) is 12.1 Å². The van der Waals surface area contributed by atoms with Crippen molar-refractivity contribution in [1.29, 1.82) is 0 Å². The van der Waals surface area contributed by atoms with Crippen LogP contribution in [0.1, 0.15) is 0 Å². The molecule has 0 atom stereocenters. The molecular formula is C12H17N3O4. The highest BCUT2D eigenvalue weighted by Crippen LogP contribution is 2.27. The van der Waals surface area contributed by atoms with Crippen molar-refractivity contribution < 1.29 is 19.1 Å². The lowest BCUT2D eigenvalue weighted by molar-refractivity contribution is -0.119. The Morgan fingerprint density at radius 2 is 1.84 bits per heavy atom. The van der Waals surface area contributed by atoms with Gasteiger partial charge in [0, 0.05) is 13.2 Å². The van der Waals surface area contributed by atoms with Gasteiger partial charge in [-0.3, -0.25) is 9.59 Å². The minimum atomic E-state index is -0.365. The van der Waals surface area contributed by atoms with Crippen molar-refractivity contribution in [2.24, 2.45) is 5.73 Å². The lowest BCUT2D eigenvalue weighted by Crippen LogP contribution is -2.24. The number of nitrogens with one attached hydrogen (secondary N) is 2. The molecule has 1 aromatic rings. The quantitative estimate of drug-likeness (QED) is 0.682. The molecule has 0 aliphatic carbocycles. The summed E-state index contributed by atoms with van der Waals surface area (Å²) in [6.45, 7) is -0.223. The van der Waals surface area contributed by atoms with Gasteiger partial charge in [0.2, 0.25) is 11.8 Å². The van der Waals surface area contributed by atoms with Gasteiger partial charge in [0.05, 0.1) is 25.0 Å². The second kappa shape index (κ2) is 7.34. The van der Waals surface area contributed by atoms with Gasteiger partial charge < -0.3 is 25.8 Å². The van der Waals surface area contributed by atoms with E-state index < -0.39 is 0 Å². The zero-order valence-corrected chi connectivity index (χ0v) is 10.9. The smallest absolute Gasteiger partial charge is 0.250 e. The molecule has 0 spiro atoms. The topological polar surface area (TPSA) is 103 Å². The van der Waals surface area contributed by atoms with E-state index in [1.807, 2.05) is 0 Å². The highest BCUT2D eigenvalue weighted by Gasteiger charge is 2.10. The van der Waals surface area contributed by atoms with Crippen molar-refractivity contribution in [2.75, 3.05) is 38.0 Å². The molecule has 1 aromatic carbocycles. The first-order chi connectivity index (χ1) is 9.10. The highest BCUT2D eigenvalue weighted by atomic mass is 16.5. The monoisotopic (exact) mass is 267 g/mol. The van der Waals surface area contributed by atoms with Crippen molar-refractivity contribution in [2.45, 2.75) is 0 Å². The molecule has 0 heterocycles. The highest BCUT2D eigenvalue weighted by molar-refractivity contribution is 6.00. The van der Waals surface area contributed by atoms with Crippen molar-refractivity contribution in [1.82, 2.24) is 0 Å². The predicted molar refractivity (Wildman–Crippen MR) is 71.2 cm³/mol. The molecule has 7 heteroatoms. The number of rotatable bonds is 6. The van der Waals surface area contributed by atoms with E-state index >= 15 is 0 Å². The van der Waals surface area contributed by atoms with Crippen molar-refractivity contribution in [3.05, 3.63) is 18.2 Å². The van der Waals surface area contributed by atoms with Gasteiger partial charge in [0.1, 0.15) is 12.4 Å². The Morgan fingerprint density at radius 1 is 1.16 bits per heavy atom. The van der Waals surface area contributed by atoms with E-state index in [1.54, 1.807) is 18.2 Å². The van der Waals surface area contributed by atoms with Crippen LogP contribution in [-0.2, 0) is 14.3 Å². The Morgan fingerprint density at radius 3 is 2.42 bits per heavy atom. The molecule has 0 radical (unpaired) electrons. The SMILES string of the molecule is COCC(=O)Nc1ccc(OC)cc1NC(=O)CN. The van der Waals surface area contributed by atoms with E-state index in [-0.39, 0.29) is 25.0 Å². The third-order valence-electron chi connectivity index (χ3n) is 2.24.